The molecule has 0 saturated heterocycles. The van der Waals surface area contributed by atoms with E-state index in [0.29, 0.717) is 17.5 Å². The molecule has 0 amide bonds. The molecular weight excluding hydrogens is 236 g/mol. The quantitative estimate of drug-likeness (QED) is 0.828. The van der Waals surface area contributed by atoms with Gasteiger partial charge in [-0.25, -0.2) is 4.98 Å². The van der Waals surface area contributed by atoms with Crippen LogP contribution in [-0.4, -0.2) is 11.1 Å². The molecule has 2 rings (SSSR count). The average molecular weight is 258 g/mol. The van der Waals surface area contributed by atoms with Crippen LogP contribution in [0.25, 0.3) is 0 Å². The Morgan fingerprint density at radius 2 is 2.21 bits per heavy atom. The van der Waals surface area contributed by atoms with Crippen LogP contribution in [0.1, 0.15) is 45.7 Å². The van der Waals surface area contributed by atoms with E-state index < -0.39 is 0 Å². The molecule has 1 saturated carbocycles. The molecule has 1 aliphatic rings. The summed E-state index contributed by atoms with van der Waals surface area (Å²) in [4.78, 5) is 3.98. The minimum absolute atomic E-state index is 0.262. The Labute approximate surface area is 115 Å². The van der Waals surface area contributed by atoms with Crippen LogP contribution in [0.3, 0.4) is 0 Å². The first-order chi connectivity index (χ1) is 9.10. The van der Waals surface area contributed by atoms with Gasteiger partial charge >= 0.3 is 0 Å². The highest BCUT2D eigenvalue weighted by Gasteiger charge is 2.32. The van der Waals surface area contributed by atoms with Crippen LogP contribution in [0.5, 0.6) is 5.75 Å². The first-order valence-corrected chi connectivity index (χ1v) is 7.13. The predicted molar refractivity (Wildman–Crippen MR) is 74.7 cm³/mol. The lowest BCUT2D eigenvalue weighted by Gasteiger charge is -2.37. The van der Waals surface area contributed by atoms with Crippen LogP contribution in [0.2, 0.25) is 0 Å². The maximum Gasteiger partial charge on any atom is 0.144 e. The Morgan fingerprint density at radius 3 is 2.89 bits per heavy atom. The van der Waals surface area contributed by atoms with Crippen molar-refractivity contribution in [2.45, 2.75) is 46.1 Å². The van der Waals surface area contributed by atoms with Crippen molar-refractivity contribution in [1.82, 2.24) is 4.98 Å². The normalized spacial score (nSPS) is 27.0. The molecule has 1 aliphatic carbocycles. The van der Waals surface area contributed by atoms with E-state index in [1.807, 2.05) is 6.07 Å². The minimum atomic E-state index is 0.262. The molecule has 0 bridgehead atoms. The second kappa shape index (κ2) is 6.06. The highest BCUT2D eigenvalue weighted by Crippen LogP contribution is 2.35. The van der Waals surface area contributed by atoms with Gasteiger partial charge in [0.2, 0.25) is 0 Å². The summed E-state index contributed by atoms with van der Waals surface area (Å²) in [7, 11) is 0. The van der Waals surface area contributed by atoms with Crippen molar-refractivity contribution in [3.63, 3.8) is 0 Å². The second-order valence-corrected chi connectivity index (χ2v) is 5.97. The van der Waals surface area contributed by atoms with Crippen molar-refractivity contribution in [1.29, 1.82) is 5.26 Å². The molecular formula is C16H22N2O. The van der Waals surface area contributed by atoms with Gasteiger partial charge in [0, 0.05) is 12.3 Å². The van der Waals surface area contributed by atoms with Crippen LogP contribution in [-0.2, 0) is 0 Å². The number of aromatic nitrogens is 1. The van der Waals surface area contributed by atoms with Crippen molar-refractivity contribution >= 4 is 0 Å². The van der Waals surface area contributed by atoms with Gasteiger partial charge in [-0.3, -0.25) is 0 Å². The molecule has 0 radical (unpaired) electrons. The first-order valence-electron chi connectivity index (χ1n) is 7.13. The van der Waals surface area contributed by atoms with E-state index in [1.54, 1.807) is 12.3 Å². The van der Waals surface area contributed by atoms with Crippen LogP contribution in [0, 0.1) is 29.1 Å². The molecule has 1 aromatic rings. The Kier molecular flexibility index (Phi) is 4.42. The van der Waals surface area contributed by atoms with Crippen molar-refractivity contribution in [3.05, 3.63) is 24.0 Å². The fourth-order valence-electron chi connectivity index (χ4n) is 2.97. The van der Waals surface area contributed by atoms with Gasteiger partial charge in [-0.2, -0.15) is 5.26 Å². The summed E-state index contributed by atoms with van der Waals surface area (Å²) in [6, 6.07) is 5.63. The number of rotatable bonds is 3. The van der Waals surface area contributed by atoms with Crippen LogP contribution in [0.15, 0.2) is 18.3 Å². The second-order valence-electron chi connectivity index (χ2n) is 5.97. The number of pyridine rings is 1. The van der Waals surface area contributed by atoms with Gasteiger partial charge < -0.3 is 4.74 Å². The number of nitriles is 1. The third kappa shape index (κ3) is 3.47. The molecule has 102 valence electrons. The minimum Gasteiger partial charge on any atom is -0.490 e. The zero-order valence-corrected chi connectivity index (χ0v) is 12.0. The largest absolute Gasteiger partial charge is 0.490 e. The first kappa shape index (κ1) is 13.9. The number of ether oxygens (including phenoxy) is 1. The van der Waals surface area contributed by atoms with Crippen LogP contribution < -0.4 is 4.74 Å². The third-order valence-corrected chi connectivity index (χ3v) is 4.09. The molecule has 1 aromatic heterocycles. The zero-order valence-electron chi connectivity index (χ0n) is 12.0. The van der Waals surface area contributed by atoms with Crippen molar-refractivity contribution in [2.75, 3.05) is 0 Å². The van der Waals surface area contributed by atoms with Gasteiger partial charge in [-0.15, -0.1) is 0 Å². The van der Waals surface area contributed by atoms with E-state index in [1.165, 1.54) is 12.8 Å². The summed E-state index contributed by atoms with van der Waals surface area (Å²) in [6.07, 6.45) is 5.54. The number of hydrogen-bond donors (Lipinski definition) is 0. The van der Waals surface area contributed by atoms with Crippen molar-refractivity contribution in [2.24, 2.45) is 17.8 Å². The molecule has 19 heavy (non-hydrogen) atoms. The maximum atomic E-state index is 8.88. The molecule has 0 aliphatic heterocycles. The fraction of sp³-hybridized carbons (Fsp3) is 0.625. The topological polar surface area (TPSA) is 45.9 Å². The van der Waals surface area contributed by atoms with Gasteiger partial charge in [-0.1, -0.05) is 27.2 Å². The van der Waals surface area contributed by atoms with Crippen LogP contribution >= 0.6 is 0 Å². The maximum absolute atomic E-state index is 8.88. The molecule has 3 nitrogen and oxygen atoms in total. The van der Waals surface area contributed by atoms with E-state index in [0.717, 1.165) is 18.1 Å². The lowest BCUT2D eigenvalue weighted by Crippen LogP contribution is -2.36. The van der Waals surface area contributed by atoms with Gasteiger partial charge in [0.15, 0.2) is 0 Å². The van der Waals surface area contributed by atoms with E-state index in [2.05, 4.69) is 31.8 Å². The highest BCUT2D eigenvalue weighted by atomic mass is 16.5. The van der Waals surface area contributed by atoms with E-state index >= 15 is 0 Å². The fourth-order valence-corrected chi connectivity index (χ4v) is 2.97. The molecule has 3 unspecified atom stereocenters. The number of nitrogens with zero attached hydrogens (tertiary/aromatic N) is 2. The predicted octanol–water partition coefficient (Wildman–Crippen LogP) is 3.79. The summed E-state index contributed by atoms with van der Waals surface area (Å²) in [5, 5.41) is 8.88. The van der Waals surface area contributed by atoms with Gasteiger partial charge in [-0.05, 0) is 36.7 Å². The van der Waals surface area contributed by atoms with Gasteiger partial charge in [0.05, 0.1) is 0 Å². The molecule has 3 atom stereocenters. The summed E-state index contributed by atoms with van der Waals surface area (Å²) < 4.78 is 6.15. The van der Waals surface area contributed by atoms with Gasteiger partial charge in [0.25, 0.3) is 0 Å². The Morgan fingerprint density at radius 1 is 1.42 bits per heavy atom. The Bertz CT molecular complexity index is 464. The number of hydrogen-bond acceptors (Lipinski definition) is 3. The Hall–Kier alpha value is -1.56. The lowest BCUT2D eigenvalue weighted by atomic mass is 9.75. The monoisotopic (exact) mass is 258 g/mol. The Balaban J connectivity index is 2.12. The standard InChI is InChI=1S/C16H22N2O/c1-11(2)15-5-4-12(3)8-16(15)19-14-6-7-18-13(9-14)10-17/h6-7,9,11-12,15-16H,4-5,8H2,1-3H3. The van der Waals surface area contributed by atoms with E-state index in [9.17, 15) is 0 Å². The summed E-state index contributed by atoms with van der Waals surface area (Å²) >= 11 is 0. The summed E-state index contributed by atoms with van der Waals surface area (Å²) in [5.74, 6) is 2.73. The van der Waals surface area contributed by atoms with Crippen molar-refractivity contribution in [3.8, 4) is 11.8 Å². The average Bonchev–Trinajstić information content (AvgIpc) is 2.38. The molecule has 0 aromatic carbocycles. The zero-order chi connectivity index (χ0) is 13.8. The van der Waals surface area contributed by atoms with Crippen LogP contribution in [0.4, 0.5) is 0 Å². The summed E-state index contributed by atoms with van der Waals surface area (Å²) in [6.45, 7) is 6.83. The molecule has 1 fully saturated rings. The lowest BCUT2D eigenvalue weighted by molar-refractivity contribution is 0.0459. The highest BCUT2D eigenvalue weighted by molar-refractivity contribution is 5.29. The molecule has 3 heteroatoms. The molecule has 0 N–H and O–H groups in total. The van der Waals surface area contributed by atoms with Gasteiger partial charge in [0.1, 0.15) is 23.6 Å². The smallest absolute Gasteiger partial charge is 0.144 e. The van der Waals surface area contributed by atoms with Crippen molar-refractivity contribution < 1.29 is 4.74 Å². The SMILES string of the molecule is CC1CCC(C(C)C)C(Oc2ccnc(C#N)c2)C1. The van der Waals surface area contributed by atoms with E-state index in [4.69, 9.17) is 10.00 Å². The third-order valence-electron chi connectivity index (χ3n) is 4.09. The summed E-state index contributed by atoms with van der Waals surface area (Å²) in [5.41, 5.74) is 0.419. The van der Waals surface area contributed by atoms with E-state index in [-0.39, 0.29) is 6.10 Å². The molecule has 0 spiro atoms. The molecule has 1 heterocycles.